The predicted molar refractivity (Wildman–Crippen MR) is 98.5 cm³/mol. The Kier molecular flexibility index (Phi) is 5.54. The number of hydrogen-bond acceptors (Lipinski definition) is 2. The summed E-state index contributed by atoms with van der Waals surface area (Å²) < 4.78 is 98.0. The van der Waals surface area contributed by atoms with Crippen LogP contribution in [0.15, 0.2) is 42.5 Å². The summed E-state index contributed by atoms with van der Waals surface area (Å²) in [5, 5.41) is 3.49. The fourth-order valence-electron chi connectivity index (χ4n) is 4.67. The molecule has 3 atom stereocenters. The van der Waals surface area contributed by atoms with E-state index in [9.17, 15) is 30.7 Å². The maximum Gasteiger partial charge on any atom is 0.416 e. The molecule has 0 aromatic heterocycles. The number of alkyl halides is 6. The molecular weight excluding hydrogens is 427 g/mol. The van der Waals surface area contributed by atoms with Gasteiger partial charge in [0.2, 0.25) is 0 Å². The molecule has 2 nitrogen and oxygen atoms in total. The second-order valence-corrected chi connectivity index (χ2v) is 8.15. The fourth-order valence-corrected chi connectivity index (χ4v) is 4.67. The molecule has 2 aliphatic heterocycles. The number of fused-ring (bicyclic) bond motifs is 2. The lowest BCUT2D eigenvalue weighted by atomic mass is 9.80. The van der Waals surface area contributed by atoms with Crippen LogP contribution in [0, 0.1) is 5.82 Å². The van der Waals surface area contributed by atoms with Gasteiger partial charge in [-0.3, -0.25) is 0 Å². The Morgan fingerprint density at radius 2 is 1.48 bits per heavy atom. The van der Waals surface area contributed by atoms with Gasteiger partial charge in [-0.05, 0) is 67.1 Å². The molecule has 0 unspecified atom stereocenters. The zero-order chi connectivity index (χ0) is 22.4. The van der Waals surface area contributed by atoms with E-state index in [1.165, 1.54) is 12.1 Å². The number of rotatable bonds is 4. The Balaban J connectivity index is 1.61. The van der Waals surface area contributed by atoms with E-state index in [1.807, 2.05) is 0 Å². The van der Waals surface area contributed by atoms with Gasteiger partial charge in [0.25, 0.3) is 0 Å². The molecule has 2 aromatic carbocycles. The summed E-state index contributed by atoms with van der Waals surface area (Å²) in [7, 11) is 0. The lowest BCUT2D eigenvalue weighted by Crippen LogP contribution is -2.54. The van der Waals surface area contributed by atoms with E-state index < -0.39 is 47.5 Å². The van der Waals surface area contributed by atoms with E-state index in [-0.39, 0.29) is 17.7 Å². The smallest absolute Gasteiger partial charge is 0.371 e. The topological polar surface area (TPSA) is 21.3 Å². The predicted octanol–water partition coefficient (Wildman–Crippen LogP) is 6.19. The monoisotopic (exact) mass is 447 g/mol. The van der Waals surface area contributed by atoms with Crippen LogP contribution in [0.3, 0.4) is 0 Å². The number of hydrogen-bond donors (Lipinski definition) is 1. The maximum absolute atomic E-state index is 13.4. The van der Waals surface area contributed by atoms with Crippen molar-refractivity contribution in [2.45, 2.75) is 62.3 Å². The van der Waals surface area contributed by atoms with Crippen molar-refractivity contribution >= 4 is 0 Å². The second kappa shape index (κ2) is 7.78. The van der Waals surface area contributed by atoms with Crippen molar-refractivity contribution in [2.24, 2.45) is 0 Å². The molecule has 31 heavy (non-hydrogen) atoms. The minimum absolute atomic E-state index is 0.104. The molecule has 2 aromatic rings. The molecule has 4 rings (SSSR count). The summed E-state index contributed by atoms with van der Waals surface area (Å²) in [6.45, 7) is -0.396. The summed E-state index contributed by atoms with van der Waals surface area (Å²) >= 11 is 0. The van der Waals surface area contributed by atoms with Crippen LogP contribution in [0.25, 0.3) is 0 Å². The van der Waals surface area contributed by atoms with Crippen LogP contribution in [-0.2, 0) is 29.2 Å². The van der Waals surface area contributed by atoms with Crippen molar-refractivity contribution in [3.63, 3.8) is 0 Å². The molecule has 0 spiro atoms. The normalized spacial score (nSPS) is 26.3. The average molecular weight is 447 g/mol. The van der Waals surface area contributed by atoms with Gasteiger partial charge in [0.1, 0.15) is 5.82 Å². The van der Waals surface area contributed by atoms with Crippen LogP contribution < -0.4 is 5.32 Å². The van der Waals surface area contributed by atoms with E-state index in [0.29, 0.717) is 25.0 Å². The van der Waals surface area contributed by atoms with E-state index in [0.717, 1.165) is 18.4 Å². The van der Waals surface area contributed by atoms with Crippen molar-refractivity contribution in [3.8, 4) is 0 Å². The Morgan fingerprint density at radius 3 is 2.06 bits per heavy atom. The van der Waals surface area contributed by atoms with Crippen molar-refractivity contribution in [1.29, 1.82) is 0 Å². The summed E-state index contributed by atoms with van der Waals surface area (Å²) in [5.74, 6) is -0.397. The van der Waals surface area contributed by atoms with Gasteiger partial charge in [-0.2, -0.15) is 26.3 Å². The third-order valence-corrected chi connectivity index (χ3v) is 6.13. The minimum Gasteiger partial charge on any atom is -0.371 e. The number of nitrogens with one attached hydrogen (secondary N) is 1. The Bertz CT molecular complexity index is 906. The number of ether oxygens (including phenoxy) is 1. The van der Waals surface area contributed by atoms with Gasteiger partial charge >= 0.3 is 12.4 Å². The Hall–Kier alpha value is -2.13. The Morgan fingerprint density at radius 1 is 0.871 bits per heavy atom. The van der Waals surface area contributed by atoms with Gasteiger partial charge in [0, 0.05) is 6.04 Å². The molecular formula is C22H20F7NO. The lowest BCUT2D eigenvalue weighted by molar-refractivity contribution is -0.143. The number of piperidine rings is 1. The molecule has 2 saturated heterocycles. The van der Waals surface area contributed by atoms with Crippen LogP contribution in [-0.4, -0.2) is 12.1 Å². The van der Waals surface area contributed by atoms with E-state index in [4.69, 9.17) is 4.74 Å². The molecule has 1 N–H and O–H groups in total. The standard InChI is InChI=1S/C22H20F7NO/c23-17-3-1-14(2-4-17)20-8-7-18(30-20)5-6-19(20)31-12-13-9-15(21(24,25)26)11-16(10-13)22(27,28)29/h1-4,9-11,18-19,30H,5-8,12H2/t18-,19+,20+/m0/s1. The maximum atomic E-state index is 13.4. The highest BCUT2D eigenvalue weighted by atomic mass is 19.4. The highest BCUT2D eigenvalue weighted by Crippen LogP contribution is 2.45. The summed E-state index contributed by atoms with van der Waals surface area (Å²) in [4.78, 5) is 0. The van der Waals surface area contributed by atoms with E-state index >= 15 is 0 Å². The first-order valence-electron chi connectivity index (χ1n) is 9.91. The molecule has 2 aliphatic rings. The zero-order valence-corrected chi connectivity index (χ0v) is 16.3. The SMILES string of the molecule is Fc1ccc([C@]23CC[C@H](CC[C@H]2OCc2cc(C(F)(F)F)cc(C(F)(F)F)c2)N3)cc1. The summed E-state index contributed by atoms with van der Waals surface area (Å²) in [6, 6.07) is 7.65. The molecule has 2 fully saturated rings. The second-order valence-electron chi connectivity index (χ2n) is 8.15. The fraction of sp³-hybridized carbons (Fsp3) is 0.455. The van der Waals surface area contributed by atoms with Gasteiger partial charge in [-0.1, -0.05) is 12.1 Å². The average Bonchev–Trinajstić information content (AvgIpc) is 3.05. The Labute approximate surface area is 174 Å². The van der Waals surface area contributed by atoms with E-state index in [1.54, 1.807) is 12.1 Å². The zero-order valence-electron chi connectivity index (χ0n) is 16.3. The summed E-state index contributed by atoms with van der Waals surface area (Å²) in [6.07, 6.45) is -7.36. The molecule has 168 valence electrons. The number of halogens is 7. The third kappa shape index (κ3) is 4.43. The first-order chi connectivity index (χ1) is 14.5. The summed E-state index contributed by atoms with van der Waals surface area (Å²) in [5.41, 5.74) is -2.78. The van der Waals surface area contributed by atoms with Crippen molar-refractivity contribution < 1.29 is 35.5 Å². The van der Waals surface area contributed by atoms with Gasteiger partial charge in [0.15, 0.2) is 0 Å². The highest BCUT2D eigenvalue weighted by Gasteiger charge is 2.50. The quantitative estimate of drug-likeness (QED) is 0.565. The van der Waals surface area contributed by atoms with Crippen LogP contribution in [0.2, 0.25) is 0 Å². The molecule has 2 bridgehead atoms. The number of benzene rings is 2. The first kappa shape index (κ1) is 22.1. The van der Waals surface area contributed by atoms with Crippen LogP contribution in [0.4, 0.5) is 30.7 Å². The molecule has 0 aliphatic carbocycles. The van der Waals surface area contributed by atoms with Crippen LogP contribution >= 0.6 is 0 Å². The van der Waals surface area contributed by atoms with E-state index in [2.05, 4.69) is 5.32 Å². The molecule has 2 heterocycles. The molecule has 0 saturated carbocycles. The largest absolute Gasteiger partial charge is 0.416 e. The van der Waals surface area contributed by atoms with Gasteiger partial charge in [-0.25, -0.2) is 4.39 Å². The lowest BCUT2D eigenvalue weighted by Gasteiger charge is -2.42. The van der Waals surface area contributed by atoms with Gasteiger partial charge < -0.3 is 10.1 Å². The molecule has 0 radical (unpaired) electrons. The van der Waals surface area contributed by atoms with Gasteiger partial charge in [-0.15, -0.1) is 0 Å². The molecule has 0 amide bonds. The van der Waals surface area contributed by atoms with Crippen LogP contribution in [0.5, 0.6) is 0 Å². The van der Waals surface area contributed by atoms with Gasteiger partial charge in [0.05, 0.1) is 29.4 Å². The highest BCUT2D eigenvalue weighted by molar-refractivity contribution is 5.34. The van der Waals surface area contributed by atoms with Crippen molar-refractivity contribution in [2.75, 3.05) is 0 Å². The van der Waals surface area contributed by atoms with Crippen LogP contribution in [0.1, 0.15) is 47.9 Å². The molecule has 9 heteroatoms. The van der Waals surface area contributed by atoms with Crippen molar-refractivity contribution in [1.82, 2.24) is 5.32 Å². The van der Waals surface area contributed by atoms with Crippen molar-refractivity contribution in [3.05, 3.63) is 70.5 Å². The first-order valence-corrected chi connectivity index (χ1v) is 9.91. The minimum atomic E-state index is -4.91. The third-order valence-electron chi connectivity index (χ3n) is 6.13.